The van der Waals surface area contributed by atoms with Crippen LogP contribution in [0, 0.1) is 0 Å². The smallest absolute Gasteiger partial charge is 0.242 e. The maximum atomic E-state index is 12.1. The Morgan fingerprint density at radius 3 is 2.25 bits per heavy atom. The van der Waals surface area contributed by atoms with Crippen LogP contribution < -0.4 is 10.6 Å². The Morgan fingerprint density at radius 1 is 1.25 bits per heavy atom. The Kier molecular flexibility index (Phi) is 4.68. The number of sulfonamides is 1. The summed E-state index contributed by atoms with van der Waals surface area (Å²) < 4.78 is 25.4. The molecule has 0 fully saturated rings. The van der Waals surface area contributed by atoms with Gasteiger partial charge in [-0.3, -0.25) is 0 Å². The van der Waals surface area contributed by atoms with Gasteiger partial charge in [-0.25, -0.2) is 12.7 Å². The van der Waals surface area contributed by atoms with Crippen molar-refractivity contribution < 1.29 is 13.5 Å². The normalized spacial score (nSPS) is 12.8. The molecule has 1 aromatic carbocycles. The molecule has 7 heteroatoms. The molecule has 0 aliphatic heterocycles. The zero-order chi connectivity index (χ0) is 15.7. The minimum atomic E-state index is -3.50. The Morgan fingerprint density at radius 2 is 1.80 bits per heavy atom. The molecule has 6 nitrogen and oxygen atoms in total. The Bertz CT molecular complexity index is 577. The molecule has 1 rings (SSSR count). The van der Waals surface area contributed by atoms with Crippen molar-refractivity contribution >= 4 is 21.4 Å². The number of likely N-dealkylation sites (N-methyl/N-ethyl adjacent to an activating group) is 1. The third-order valence-corrected chi connectivity index (χ3v) is 4.63. The number of nitrogens with zero attached hydrogens (tertiary/aromatic N) is 2. The quantitative estimate of drug-likeness (QED) is 0.783. The summed E-state index contributed by atoms with van der Waals surface area (Å²) in [4.78, 5) is 1.92. The zero-order valence-electron chi connectivity index (χ0n) is 12.6. The van der Waals surface area contributed by atoms with Gasteiger partial charge in [-0.2, -0.15) is 0 Å². The molecule has 0 aliphatic carbocycles. The second-order valence-corrected chi connectivity index (χ2v) is 7.83. The number of benzene rings is 1. The fourth-order valence-corrected chi connectivity index (χ4v) is 2.81. The van der Waals surface area contributed by atoms with Gasteiger partial charge < -0.3 is 15.7 Å². The Hall–Kier alpha value is -1.31. The highest BCUT2D eigenvalue weighted by molar-refractivity contribution is 7.89. The predicted molar refractivity (Wildman–Crippen MR) is 81.3 cm³/mol. The summed E-state index contributed by atoms with van der Waals surface area (Å²) in [5.74, 6) is 0. The van der Waals surface area contributed by atoms with Crippen LogP contribution in [0.25, 0.3) is 0 Å². The van der Waals surface area contributed by atoms with E-state index in [0.717, 1.165) is 4.31 Å². The summed E-state index contributed by atoms with van der Waals surface area (Å²) in [6.45, 7) is 3.70. The molecule has 0 radical (unpaired) electrons. The van der Waals surface area contributed by atoms with Crippen molar-refractivity contribution in [3.8, 4) is 0 Å². The van der Waals surface area contributed by atoms with Gasteiger partial charge in [0.25, 0.3) is 0 Å². The fourth-order valence-electron chi connectivity index (χ4n) is 1.89. The van der Waals surface area contributed by atoms with E-state index in [2.05, 4.69) is 0 Å². The van der Waals surface area contributed by atoms with Crippen LogP contribution in [0.4, 0.5) is 11.4 Å². The lowest BCUT2D eigenvalue weighted by Gasteiger charge is -2.28. The summed E-state index contributed by atoms with van der Waals surface area (Å²) >= 11 is 0. The molecular formula is C13H23N3O3S. The Labute approximate surface area is 120 Å². The van der Waals surface area contributed by atoms with E-state index in [1.807, 2.05) is 0 Å². The summed E-state index contributed by atoms with van der Waals surface area (Å²) in [6, 6.07) is 4.56. The van der Waals surface area contributed by atoms with Crippen molar-refractivity contribution in [2.45, 2.75) is 24.3 Å². The van der Waals surface area contributed by atoms with Gasteiger partial charge in [0.1, 0.15) is 0 Å². The molecule has 0 unspecified atom stereocenters. The average molecular weight is 301 g/mol. The topological polar surface area (TPSA) is 86.9 Å². The minimum Gasteiger partial charge on any atom is -0.397 e. The molecule has 0 aliphatic rings. The van der Waals surface area contributed by atoms with E-state index < -0.39 is 15.6 Å². The van der Waals surface area contributed by atoms with Crippen LogP contribution >= 0.6 is 0 Å². The molecule has 0 heterocycles. The van der Waals surface area contributed by atoms with E-state index in [1.54, 1.807) is 31.9 Å². The van der Waals surface area contributed by atoms with Gasteiger partial charge in [0.15, 0.2) is 0 Å². The standard InChI is InChI=1S/C13H23N3O3S/c1-13(2,17)9-16(5)12-8-10(6-7-11(12)14)20(18,19)15(3)4/h6-8,17H,9,14H2,1-5H3. The molecule has 0 atom stereocenters. The SMILES string of the molecule is CN(CC(C)(C)O)c1cc(S(=O)(=O)N(C)C)ccc1N. The van der Waals surface area contributed by atoms with Crippen LogP contribution in [0.1, 0.15) is 13.8 Å². The second kappa shape index (κ2) is 5.59. The van der Waals surface area contributed by atoms with Gasteiger partial charge in [0, 0.05) is 27.7 Å². The number of hydrogen-bond acceptors (Lipinski definition) is 5. The highest BCUT2D eigenvalue weighted by Gasteiger charge is 2.21. The molecule has 3 N–H and O–H groups in total. The number of hydrogen-bond donors (Lipinski definition) is 2. The third kappa shape index (κ3) is 3.84. The molecule has 0 bridgehead atoms. The lowest BCUT2D eigenvalue weighted by molar-refractivity contribution is 0.0886. The molecule has 114 valence electrons. The molecule has 1 aromatic rings. The molecule has 0 aromatic heterocycles. The first-order chi connectivity index (χ1) is 8.95. The monoisotopic (exact) mass is 301 g/mol. The van der Waals surface area contributed by atoms with E-state index in [0.29, 0.717) is 17.9 Å². The number of nitrogens with two attached hydrogens (primary N) is 1. The molecule has 0 saturated heterocycles. The number of nitrogen functional groups attached to an aromatic ring is 1. The number of rotatable bonds is 5. The van der Waals surface area contributed by atoms with E-state index in [9.17, 15) is 13.5 Å². The second-order valence-electron chi connectivity index (χ2n) is 5.68. The lowest BCUT2D eigenvalue weighted by Crippen LogP contribution is -2.36. The predicted octanol–water partition coefficient (Wildman–Crippen LogP) is 0.726. The van der Waals surface area contributed by atoms with Crippen LogP contribution in [0.3, 0.4) is 0 Å². The summed E-state index contributed by atoms with van der Waals surface area (Å²) in [7, 11) is 1.21. The lowest BCUT2D eigenvalue weighted by atomic mass is 10.1. The van der Waals surface area contributed by atoms with Gasteiger partial charge >= 0.3 is 0 Å². The van der Waals surface area contributed by atoms with Crippen molar-refractivity contribution in [1.29, 1.82) is 0 Å². The summed E-state index contributed by atoms with van der Waals surface area (Å²) in [6.07, 6.45) is 0. The maximum Gasteiger partial charge on any atom is 0.242 e. The summed E-state index contributed by atoms with van der Waals surface area (Å²) in [5.41, 5.74) is 6.04. The molecule has 0 saturated carbocycles. The zero-order valence-corrected chi connectivity index (χ0v) is 13.4. The highest BCUT2D eigenvalue weighted by atomic mass is 32.2. The van der Waals surface area contributed by atoms with Crippen LogP contribution in [0.15, 0.2) is 23.1 Å². The van der Waals surface area contributed by atoms with Crippen molar-refractivity contribution in [2.75, 3.05) is 38.3 Å². The van der Waals surface area contributed by atoms with E-state index in [-0.39, 0.29) is 4.90 Å². The maximum absolute atomic E-state index is 12.1. The minimum absolute atomic E-state index is 0.175. The largest absolute Gasteiger partial charge is 0.397 e. The Balaban J connectivity index is 3.23. The first-order valence-electron chi connectivity index (χ1n) is 6.21. The van der Waals surface area contributed by atoms with Crippen molar-refractivity contribution in [3.05, 3.63) is 18.2 Å². The van der Waals surface area contributed by atoms with Crippen LogP contribution in [0.2, 0.25) is 0 Å². The van der Waals surface area contributed by atoms with Crippen molar-refractivity contribution in [2.24, 2.45) is 0 Å². The van der Waals surface area contributed by atoms with E-state index in [1.165, 1.54) is 26.2 Å². The van der Waals surface area contributed by atoms with Gasteiger partial charge in [-0.05, 0) is 32.0 Å². The highest BCUT2D eigenvalue weighted by Crippen LogP contribution is 2.27. The van der Waals surface area contributed by atoms with Gasteiger partial charge in [-0.15, -0.1) is 0 Å². The van der Waals surface area contributed by atoms with Gasteiger partial charge in [0.2, 0.25) is 10.0 Å². The number of aliphatic hydroxyl groups is 1. The van der Waals surface area contributed by atoms with Crippen LogP contribution in [0.5, 0.6) is 0 Å². The molecule has 0 amide bonds. The molecular weight excluding hydrogens is 278 g/mol. The van der Waals surface area contributed by atoms with Crippen molar-refractivity contribution in [1.82, 2.24) is 4.31 Å². The molecule has 0 spiro atoms. The summed E-state index contributed by atoms with van der Waals surface area (Å²) in [5, 5.41) is 9.85. The van der Waals surface area contributed by atoms with Crippen LogP contribution in [-0.2, 0) is 10.0 Å². The fraction of sp³-hybridized carbons (Fsp3) is 0.538. The third-order valence-electron chi connectivity index (χ3n) is 2.82. The number of anilines is 2. The molecule has 20 heavy (non-hydrogen) atoms. The van der Waals surface area contributed by atoms with E-state index in [4.69, 9.17) is 5.73 Å². The van der Waals surface area contributed by atoms with Gasteiger partial charge in [-0.1, -0.05) is 0 Å². The van der Waals surface area contributed by atoms with Crippen molar-refractivity contribution in [3.63, 3.8) is 0 Å². The first kappa shape index (κ1) is 16.7. The van der Waals surface area contributed by atoms with Crippen LogP contribution in [-0.4, -0.2) is 51.1 Å². The van der Waals surface area contributed by atoms with E-state index >= 15 is 0 Å². The first-order valence-corrected chi connectivity index (χ1v) is 7.65. The average Bonchev–Trinajstić information content (AvgIpc) is 2.26. The van der Waals surface area contributed by atoms with Gasteiger partial charge in [0.05, 0.1) is 21.9 Å².